The van der Waals surface area contributed by atoms with Crippen molar-refractivity contribution in [2.24, 2.45) is 5.92 Å². The zero-order valence-electron chi connectivity index (χ0n) is 12.5. The van der Waals surface area contributed by atoms with Crippen LogP contribution < -0.4 is 5.32 Å². The molecule has 106 valence electrons. The highest BCUT2D eigenvalue weighted by atomic mass is 15.1. The van der Waals surface area contributed by atoms with E-state index in [0.29, 0.717) is 0 Å². The largest absolute Gasteiger partial charge is 0.312 e. The van der Waals surface area contributed by atoms with Gasteiger partial charge in [-0.3, -0.25) is 4.90 Å². The van der Waals surface area contributed by atoms with Gasteiger partial charge < -0.3 is 5.32 Å². The van der Waals surface area contributed by atoms with E-state index >= 15 is 0 Å². The average Bonchev–Trinajstić information content (AvgIpc) is 2.42. The molecule has 0 aromatic heterocycles. The molecule has 0 saturated carbocycles. The molecule has 0 amide bonds. The predicted octanol–water partition coefficient (Wildman–Crippen LogP) is 3.42. The summed E-state index contributed by atoms with van der Waals surface area (Å²) < 4.78 is 0. The van der Waals surface area contributed by atoms with Gasteiger partial charge in [-0.15, -0.1) is 0 Å². The first-order valence-corrected chi connectivity index (χ1v) is 7.75. The van der Waals surface area contributed by atoms with Gasteiger partial charge in [0.1, 0.15) is 0 Å². The van der Waals surface area contributed by atoms with Crippen molar-refractivity contribution in [2.45, 2.75) is 46.2 Å². The molecule has 1 heterocycles. The molecule has 0 unspecified atom stereocenters. The molecule has 2 nitrogen and oxygen atoms in total. The van der Waals surface area contributed by atoms with E-state index in [1.165, 1.54) is 43.5 Å². The minimum absolute atomic E-state index is 0.721. The normalized spacial score (nSPS) is 17.0. The second-order valence-electron chi connectivity index (χ2n) is 6.18. The van der Waals surface area contributed by atoms with Gasteiger partial charge >= 0.3 is 0 Å². The molecule has 1 saturated heterocycles. The summed E-state index contributed by atoms with van der Waals surface area (Å²) in [5.74, 6) is 0.721. The van der Waals surface area contributed by atoms with Gasteiger partial charge in [0.25, 0.3) is 0 Å². The molecule has 19 heavy (non-hydrogen) atoms. The Morgan fingerprint density at radius 2 is 1.63 bits per heavy atom. The van der Waals surface area contributed by atoms with Crippen LogP contribution >= 0.6 is 0 Å². The Balaban J connectivity index is 1.77. The van der Waals surface area contributed by atoms with E-state index in [9.17, 15) is 0 Å². The summed E-state index contributed by atoms with van der Waals surface area (Å²) in [6.45, 7) is 10.2. The molecule has 0 bridgehead atoms. The van der Waals surface area contributed by atoms with Crippen LogP contribution in [0.4, 0.5) is 0 Å². The number of nitrogens with zero attached hydrogens (tertiary/aromatic N) is 1. The van der Waals surface area contributed by atoms with E-state index in [1.807, 2.05) is 0 Å². The summed E-state index contributed by atoms with van der Waals surface area (Å²) in [6.07, 6.45) is 4.16. The number of benzene rings is 1. The Morgan fingerprint density at radius 1 is 1.00 bits per heavy atom. The van der Waals surface area contributed by atoms with Crippen LogP contribution in [0.5, 0.6) is 0 Å². The monoisotopic (exact) mass is 260 g/mol. The highest BCUT2D eigenvalue weighted by molar-refractivity contribution is 5.22. The molecule has 0 aliphatic carbocycles. The fourth-order valence-corrected chi connectivity index (χ4v) is 2.64. The molecule has 2 rings (SSSR count). The maximum absolute atomic E-state index is 3.49. The highest BCUT2D eigenvalue weighted by Crippen LogP contribution is 2.13. The second kappa shape index (κ2) is 7.66. The number of rotatable bonds is 6. The van der Waals surface area contributed by atoms with Crippen molar-refractivity contribution >= 4 is 0 Å². The minimum atomic E-state index is 0.721. The summed E-state index contributed by atoms with van der Waals surface area (Å²) in [5, 5.41) is 3.49. The smallest absolute Gasteiger partial charge is 0.0233 e. The van der Waals surface area contributed by atoms with Crippen LogP contribution in [0.3, 0.4) is 0 Å². The lowest BCUT2D eigenvalue weighted by Crippen LogP contribution is -2.29. The maximum Gasteiger partial charge on any atom is 0.0233 e. The molecule has 0 atom stereocenters. The molecule has 1 N–H and O–H groups in total. The molecule has 1 aliphatic heterocycles. The Morgan fingerprint density at radius 3 is 2.26 bits per heavy atom. The third-order valence-corrected chi connectivity index (χ3v) is 3.76. The van der Waals surface area contributed by atoms with Crippen molar-refractivity contribution in [2.75, 3.05) is 19.6 Å². The third-order valence-electron chi connectivity index (χ3n) is 3.76. The van der Waals surface area contributed by atoms with Gasteiger partial charge in [0, 0.05) is 13.1 Å². The fourth-order valence-electron chi connectivity index (χ4n) is 2.64. The molecular weight excluding hydrogens is 232 g/mol. The van der Waals surface area contributed by atoms with Crippen LogP contribution in [-0.2, 0) is 13.1 Å². The standard InChI is InChI=1S/C17H28N2/c1-15(2)12-18-13-16-6-8-17(9-7-16)14-19-10-4-3-5-11-19/h6-9,15,18H,3-5,10-14H2,1-2H3. The van der Waals surface area contributed by atoms with E-state index in [0.717, 1.165) is 25.6 Å². The van der Waals surface area contributed by atoms with E-state index in [-0.39, 0.29) is 0 Å². The van der Waals surface area contributed by atoms with Crippen LogP contribution in [0.15, 0.2) is 24.3 Å². The summed E-state index contributed by atoms with van der Waals surface area (Å²) >= 11 is 0. The van der Waals surface area contributed by atoms with Crippen molar-refractivity contribution in [1.29, 1.82) is 0 Å². The lowest BCUT2D eigenvalue weighted by Gasteiger charge is -2.26. The Hall–Kier alpha value is -0.860. The first kappa shape index (κ1) is 14.5. The Labute approximate surface area is 118 Å². The average molecular weight is 260 g/mol. The van der Waals surface area contributed by atoms with Crippen LogP contribution in [0.2, 0.25) is 0 Å². The summed E-state index contributed by atoms with van der Waals surface area (Å²) in [5.41, 5.74) is 2.84. The lowest BCUT2D eigenvalue weighted by molar-refractivity contribution is 0.221. The number of hydrogen-bond donors (Lipinski definition) is 1. The van der Waals surface area contributed by atoms with E-state index in [1.54, 1.807) is 0 Å². The zero-order chi connectivity index (χ0) is 13.5. The number of nitrogens with one attached hydrogen (secondary N) is 1. The zero-order valence-corrected chi connectivity index (χ0v) is 12.5. The van der Waals surface area contributed by atoms with Crippen molar-refractivity contribution in [1.82, 2.24) is 10.2 Å². The van der Waals surface area contributed by atoms with Gasteiger partial charge in [-0.05, 0) is 49.5 Å². The van der Waals surface area contributed by atoms with Crippen LogP contribution in [0.25, 0.3) is 0 Å². The lowest BCUT2D eigenvalue weighted by atomic mass is 10.1. The van der Waals surface area contributed by atoms with Crippen molar-refractivity contribution in [3.05, 3.63) is 35.4 Å². The maximum atomic E-state index is 3.49. The Kier molecular flexibility index (Phi) is 5.87. The quantitative estimate of drug-likeness (QED) is 0.843. The fraction of sp³-hybridized carbons (Fsp3) is 0.647. The van der Waals surface area contributed by atoms with E-state index < -0.39 is 0 Å². The number of piperidine rings is 1. The van der Waals surface area contributed by atoms with Gasteiger partial charge in [0.15, 0.2) is 0 Å². The summed E-state index contributed by atoms with van der Waals surface area (Å²) in [7, 11) is 0. The van der Waals surface area contributed by atoms with Gasteiger partial charge in [-0.25, -0.2) is 0 Å². The highest BCUT2D eigenvalue weighted by Gasteiger charge is 2.09. The van der Waals surface area contributed by atoms with Crippen molar-refractivity contribution < 1.29 is 0 Å². The van der Waals surface area contributed by atoms with Crippen molar-refractivity contribution in [3.8, 4) is 0 Å². The molecule has 2 heteroatoms. The first-order valence-electron chi connectivity index (χ1n) is 7.75. The minimum Gasteiger partial charge on any atom is -0.312 e. The van der Waals surface area contributed by atoms with Crippen LogP contribution in [0.1, 0.15) is 44.2 Å². The van der Waals surface area contributed by atoms with Crippen molar-refractivity contribution in [3.63, 3.8) is 0 Å². The molecular formula is C17H28N2. The molecule has 1 aromatic rings. The summed E-state index contributed by atoms with van der Waals surface area (Å²) in [4.78, 5) is 2.58. The number of hydrogen-bond acceptors (Lipinski definition) is 2. The topological polar surface area (TPSA) is 15.3 Å². The molecule has 1 aliphatic rings. The van der Waals surface area contributed by atoms with E-state index in [4.69, 9.17) is 0 Å². The van der Waals surface area contributed by atoms with Crippen LogP contribution in [-0.4, -0.2) is 24.5 Å². The SMILES string of the molecule is CC(C)CNCc1ccc(CN2CCCCC2)cc1. The summed E-state index contributed by atoms with van der Waals surface area (Å²) in [6, 6.07) is 9.13. The Bertz CT molecular complexity index is 350. The van der Waals surface area contributed by atoms with Crippen LogP contribution in [0, 0.1) is 5.92 Å². The predicted molar refractivity (Wildman–Crippen MR) is 82.1 cm³/mol. The van der Waals surface area contributed by atoms with Gasteiger partial charge in [0.05, 0.1) is 0 Å². The molecule has 1 aromatic carbocycles. The van der Waals surface area contributed by atoms with Gasteiger partial charge in [-0.1, -0.05) is 44.5 Å². The van der Waals surface area contributed by atoms with E-state index in [2.05, 4.69) is 48.3 Å². The molecule has 1 fully saturated rings. The molecule has 0 radical (unpaired) electrons. The number of likely N-dealkylation sites (tertiary alicyclic amines) is 1. The molecule has 0 spiro atoms. The van der Waals surface area contributed by atoms with Gasteiger partial charge in [-0.2, -0.15) is 0 Å². The second-order valence-corrected chi connectivity index (χ2v) is 6.18. The third kappa shape index (κ3) is 5.33. The van der Waals surface area contributed by atoms with Gasteiger partial charge in [0.2, 0.25) is 0 Å². The first-order chi connectivity index (χ1) is 9.24.